The van der Waals surface area contributed by atoms with E-state index >= 15 is 0 Å². The van der Waals surface area contributed by atoms with E-state index in [-0.39, 0.29) is 12.0 Å². The van der Waals surface area contributed by atoms with E-state index in [0.29, 0.717) is 13.2 Å². The first-order valence-corrected chi connectivity index (χ1v) is 6.20. The largest absolute Gasteiger partial charge is 0.465 e. The molecule has 1 fully saturated rings. The van der Waals surface area contributed by atoms with Gasteiger partial charge in [-0.1, -0.05) is 19.3 Å². The second-order valence-corrected chi connectivity index (χ2v) is 4.64. The second kappa shape index (κ2) is 6.21. The van der Waals surface area contributed by atoms with Crippen LogP contribution in [0, 0.1) is 0 Å². The Labute approximate surface area is 97.4 Å². The molecule has 4 nitrogen and oxygen atoms in total. The summed E-state index contributed by atoms with van der Waals surface area (Å²) in [6, 6.07) is -0.342. The summed E-state index contributed by atoms with van der Waals surface area (Å²) in [6.07, 6.45) is 5.01. The lowest BCUT2D eigenvalue weighted by Crippen LogP contribution is -2.47. The van der Waals surface area contributed by atoms with Crippen LogP contribution in [0.25, 0.3) is 0 Å². The third kappa shape index (κ3) is 4.10. The van der Waals surface area contributed by atoms with Crippen LogP contribution in [-0.2, 0) is 9.53 Å². The van der Waals surface area contributed by atoms with Gasteiger partial charge in [0.2, 0.25) is 0 Å². The third-order valence-corrected chi connectivity index (χ3v) is 3.16. The molecule has 0 aromatic carbocycles. The van der Waals surface area contributed by atoms with E-state index in [1.165, 1.54) is 6.42 Å². The Hall–Kier alpha value is -0.610. The number of carbonyl (C=O) groups is 1. The molecule has 1 aliphatic rings. The van der Waals surface area contributed by atoms with Gasteiger partial charge in [0.15, 0.2) is 0 Å². The Balaban J connectivity index is 2.29. The van der Waals surface area contributed by atoms with E-state index in [4.69, 9.17) is 4.74 Å². The predicted octanol–water partition coefficient (Wildman–Crippen LogP) is 1.22. The highest BCUT2D eigenvalue weighted by Gasteiger charge is 2.30. The van der Waals surface area contributed by atoms with Crippen LogP contribution >= 0.6 is 0 Å². The highest BCUT2D eigenvalue weighted by Crippen LogP contribution is 2.27. The zero-order chi connectivity index (χ0) is 12.0. The highest BCUT2D eigenvalue weighted by atomic mass is 16.5. The number of ether oxygens (including phenoxy) is 1. The van der Waals surface area contributed by atoms with Crippen LogP contribution in [0.1, 0.15) is 46.0 Å². The summed E-state index contributed by atoms with van der Waals surface area (Å²) in [6.45, 7) is 4.44. The minimum Gasteiger partial charge on any atom is -0.465 e. The minimum atomic E-state index is -0.626. The van der Waals surface area contributed by atoms with E-state index < -0.39 is 5.60 Å². The normalized spacial score (nSPS) is 21.4. The van der Waals surface area contributed by atoms with E-state index in [0.717, 1.165) is 25.7 Å². The van der Waals surface area contributed by atoms with E-state index in [1.54, 1.807) is 13.8 Å². The highest BCUT2D eigenvalue weighted by molar-refractivity contribution is 5.75. The summed E-state index contributed by atoms with van der Waals surface area (Å²) >= 11 is 0. The van der Waals surface area contributed by atoms with Crippen molar-refractivity contribution in [2.45, 2.75) is 57.6 Å². The monoisotopic (exact) mass is 229 g/mol. The molecule has 0 aromatic rings. The third-order valence-electron chi connectivity index (χ3n) is 3.16. The van der Waals surface area contributed by atoms with Crippen molar-refractivity contribution in [3.63, 3.8) is 0 Å². The van der Waals surface area contributed by atoms with Crippen molar-refractivity contribution in [3.8, 4) is 0 Å². The maximum absolute atomic E-state index is 11.4. The van der Waals surface area contributed by atoms with Crippen LogP contribution in [0.15, 0.2) is 0 Å². The molecular weight excluding hydrogens is 206 g/mol. The van der Waals surface area contributed by atoms with Gasteiger partial charge >= 0.3 is 5.97 Å². The van der Waals surface area contributed by atoms with Gasteiger partial charge in [-0.05, 0) is 26.7 Å². The Morgan fingerprint density at radius 1 is 1.44 bits per heavy atom. The molecule has 1 saturated carbocycles. The van der Waals surface area contributed by atoms with Crippen molar-refractivity contribution in [1.82, 2.24) is 5.32 Å². The molecule has 94 valence electrons. The second-order valence-electron chi connectivity index (χ2n) is 4.64. The summed E-state index contributed by atoms with van der Waals surface area (Å²) < 4.78 is 4.89. The van der Waals surface area contributed by atoms with E-state index in [9.17, 15) is 9.90 Å². The molecule has 4 heteroatoms. The van der Waals surface area contributed by atoms with Crippen LogP contribution in [-0.4, -0.2) is 35.9 Å². The van der Waals surface area contributed by atoms with Crippen LogP contribution in [0.4, 0.5) is 0 Å². The fourth-order valence-electron chi connectivity index (χ4n) is 2.08. The van der Waals surface area contributed by atoms with Crippen molar-refractivity contribution >= 4 is 5.97 Å². The molecule has 0 bridgehead atoms. The number of nitrogens with one attached hydrogen (secondary N) is 1. The number of rotatable bonds is 5. The molecule has 0 radical (unpaired) electrons. The van der Waals surface area contributed by atoms with Gasteiger partial charge in [-0.3, -0.25) is 4.79 Å². The van der Waals surface area contributed by atoms with Gasteiger partial charge < -0.3 is 15.2 Å². The average Bonchev–Trinajstić information content (AvgIpc) is 2.27. The standard InChI is InChI=1S/C12H23NO3/c1-3-16-11(14)10(2)13-9-12(15)7-5-4-6-8-12/h10,13,15H,3-9H2,1-2H3. The van der Waals surface area contributed by atoms with Gasteiger partial charge in [0.1, 0.15) is 6.04 Å². The van der Waals surface area contributed by atoms with Crippen molar-refractivity contribution in [3.05, 3.63) is 0 Å². The lowest BCUT2D eigenvalue weighted by molar-refractivity contribution is -0.145. The van der Waals surface area contributed by atoms with Gasteiger partial charge in [-0.2, -0.15) is 0 Å². The first-order chi connectivity index (χ1) is 7.57. The molecule has 1 atom stereocenters. The minimum absolute atomic E-state index is 0.248. The molecule has 0 aliphatic heterocycles. The molecule has 0 amide bonds. The smallest absolute Gasteiger partial charge is 0.322 e. The van der Waals surface area contributed by atoms with E-state index in [1.807, 2.05) is 0 Å². The summed E-state index contributed by atoms with van der Waals surface area (Å²) in [4.78, 5) is 11.4. The summed E-state index contributed by atoms with van der Waals surface area (Å²) in [7, 11) is 0. The first-order valence-electron chi connectivity index (χ1n) is 6.20. The quantitative estimate of drug-likeness (QED) is 0.696. The molecular formula is C12H23NO3. The maximum Gasteiger partial charge on any atom is 0.322 e. The summed E-state index contributed by atoms with van der Waals surface area (Å²) in [5.41, 5.74) is -0.626. The first kappa shape index (κ1) is 13.5. The van der Waals surface area contributed by atoms with Crippen LogP contribution in [0.2, 0.25) is 0 Å². The summed E-state index contributed by atoms with van der Waals surface area (Å²) in [5, 5.41) is 13.3. The number of hydrogen-bond acceptors (Lipinski definition) is 4. The van der Waals surface area contributed by atoms with Gasteiger partial charge in [0.05, 0.1) is 12.2 Å². The molecule has 1 unspecified atom stereocenters. The summed E-state index contributed by atoms with van der Waals surface area (Å²) in [5.74, 6) is -0.248. The zero-order valence-corrected chi connectivity index (χ0v) is 10.3. The average molecular weight is 229 g/mol. The molecule has 0 aromatic heterocycles. The topological polar surface area (TPSA) is 58.6 Å². The van der Waals surface area contributed by atoms with Crippen molar-refractivity contribution < 1.29 is 14.6 Å². The lowest BCUT2D eigenvalue weighted by Gasteiger charge is -2.33. The zero-order valence-electron chi connectivity index (χ0n) is 10.3. The Kier molecular flexibility index (Phi) is 5.22. The number of carbonyl (C=O) groups excluding carboxylic acids is 1. The fourth-order valence-corrected chi connectivity index (χ4v) is 2.08. The molecule has 1 rings (SSSR count). The molecule has 0 saturated heterocycles. The molecule has 0 spiro atoms. The number of hydrogen-bond donors (Lipinski definition) is 2. The SMILES string of the molecule is CCOC(=O)C(C)NCC1(O)CCCCC1. The van der Waals surface area contributed by atoms with Gasteiger partial charge in [0.25, 0.3) is 0 Å². The molecule has 0 heterocycles. The van der Waals surface area contributed by atoms with Gasteiger partial charge in [0, 0.05) is 6.54 Å². The van der Waals surface area contributed by atoms with E-state index in [2.05, 4.69) is 5.32 Å². The number of esters is 1. The lowest BCUT2D eigenvalue weighted by atomic mass is 9.85. The van der Waals surface area contributed by atoms with Crippen molar-refractivity contribution in [1.29, 1.82) is 0 Å². The molecule has 16 heavy (non-hydrogen) atoms. The molecule has 2 N–H and O–H groups in total. The maximum atomic E-state index is 11.4. The Bertz CT molecular complexity index is 224. The van der Waals surface area contributed by atoms with Gasteiger partial charge in [-0.25, -0.2) is 0 Å². The molecule has 1 aliphatic carbocycles. The van der Waals surface area contributed by atoms with Crippen LogP contribution in [0.3, 0.4) is 0 Å². The Morgan fingerprint density at radius 3 is 2.62 bits per heavy atom. The fraction of sp³-hybridized carbons (Fsp3) is 0.917. The van der Waals surface area contributed by atoms with Gasteiger partial charge in [-0.15, -0.1) is 0 Å². The van der Waals surface area contributed by atoms with Crippen LogP contribution in [0.5, 0.6) is 0 Å². The van der Waals surface area contributed by atoms with Crippen LogP contribution < -0.4 is 5.32 Å². The van der Waals surface area contributed by atoms with Crippen molar-refractivity contribution in [2.24, 2.45) is 0 Å². The Morgan fingerprint density at radius 2 is 2.06 bits per heavy atom. The predicted molar refractivity (Wildman–Crippen MR) is 62.1 cm³/mol. The van der Waals surface area contributed by atoms with Crippen molar-refractivity contribution in [2.75, 3.05) is 13.2 Å². The number of aliphatic hydroxyl groups is 1.